The van der Waals surface area contributed by atoms with E-state index < -0.39 is 0 Å². The van der Waals surface area contributed by atoms with Crippen LogP contribution in [0.1, 0.15) is 19.4 Å². The zero-order valence-corrected chi connectivity index (χ0v) is 15.4. The van der Waals surface area contributed by atoms with Gasteiger partial charge in [0.2, 0.25) is 0 Å². The van der Waals surface area contributed by atoms with Crippen molar-refractivity contribution < 1.29 is 4.74 Å². The Hall–Kier alpha value is -0.500. The van der Waals surface area contributed by atoms with Gasteiger partial charge in [-0.2, -0.15) is 0 Å². The van der Waals surface area contributed by atoms with Gasteiger partial charge in [0.1, 0.15) is 5.75 Å². The highest BCUT2D eigenvalue weighted by Gasteiger charge is 2.03. The van der Waals surface area contributed by atoms with Crippen molar-refractivity contribution in [2.24, 2.45) is 16.6 Å². The number of methoxy groups -OCH3 is 1. The number of rotatable bonds is 5. The van der Waals surface area contributed by atoms with Crippen LogP contribution in [-0.2, 0) is 6.54 Å². The van der Waals surface area contributed by atoms with Gasteiger partial charge in [0.05, 0.1) is 13.7 Å². The molecular weight excluding hydrogens is 421 g/mol. The molecule has 1 rings (SSSR count). The SMILES string of the molecule is COc1ccc(Br)cc1CN=C(N)NCC(C)C.I. The van der Waals surface area contributed by atoms with Gasteiger partial charge in [-0.3, -0.25) is 0 Å². The fourth-order valence-corrected chi connectivity index (χ4v) is 1.81. The monoisotopic (exact) mass is 441 g/mol. The first kappa shape index (κ1) is 18.5. The molecule has 4 nitrogen and oxygen atoms in total. The highest BCUT2D eigenvalue weighted by atomic mass is 127. The molecule has 0 saturated heterocycles. The Labute approximate surface area is 140 Å². The summed E-state index contributed by atoms with van der Waals surface area (Å²) in [6.45, 7) is 5.57. The minimum Gasteiger partial charge on any atom is -0.496 e. The van der Waals surface area contributed by atoms with E-state index in [4.69, 9.17) is 10.5 Å². The van der Waals surface area contributed by atoms with E-state index in [9.17, 15) is 0 Å². The molecule has 0 radical (unpaired) electrons. The average Bonchev–Trinajstić information content (AvgIpc) is 2.34. The van der Waals surface area contributed by atoms with Gasteiger partial charge in [-0.15, -0.1) is 24.0 Å². The predicted octanol–water partition coefficient (Wildman–Crippen LogP) is 3.14. The van der Waals surface area contributed by atoms with Crippen LogP contribution in [0, 0.1) is 5.92 Å². The van der Waals surface area contributed by atoms with E-state index in [0.717, 1.165) is 22.3 Å². The van der Waals surface area contributed by atoms with Crippen molar-refractivity contribution in [3.8, 4) is 5.75 Å². The summed E-state index contributed by atoms with van der Waals surface area (Å²) >= 11 is 3.43. The van der Waals surface area contributed by atoms with Gasteiger partial charge in [0, 0.05) is 16.6 Å². The molecule has 0 atom stereocenters. The average molecular weight is 442 g/mol. The molecule has 0 heterocycles. The second kappa shape index (κ2) is 9.41. The molecule has 1 aromatic rings. The van der Waals surface area contributed by atoms with Gasteiger partial charge >= 0.3 is 0 Å². The predicted molar refractivity (Wildman–Crippen MR) is 94.3 cm³/mol. The summed E-state index contributed by atoms with van der Waals surface area (Å²) in [4.78, 5) is 4.30. The standard InChI is InChI=1S/C13H20BrN3O.HI/c1-9(2)7-16-13(15)17-8-10-6-11(14)4-5-12(10)18-3;/h4-6,9H,7-8H2,1-3H3,(H3,15,16,17);1H. The summed E-state index contributed by atoms with van der Waals surface area (Å²) < 4.78 is 6.28. The van der Waals surface area contributed by atoms with Crippen LogP contribution < -0.4 is 15.8 Å². The Morgan fingerprint density at radius 2 is 2.16 bits per heavy atom. The molecule has 0 saturated carbocycles. The van der Waals surface area contributed by atoms with E-state index in [1.54, 1.807) is 7.11 Å². The lowest BCUT2D eigenvalue weighted by Gasteiger charge is -2.09. The van der Waals surface area contributed by atoms with Crippen molar-refractivity contribution in [3.05, 3.63) is 28.2 Å². The van der Waals surface area contributed by atoms with E-state index >= 15 is 0 Å². The molecule has 0 unspecified atom stereocenters. The number of guanidine groups is 1. The number of nitrogens with one attached hydrogen (secondary N) is 1. The molecule has 108 valence electrons. The summed E-state index contributed by atoms with van der Waals surface area (Å²) in [6, 6.07) is 5.83. The second-order valence-electron chi connectivity index (χ2n) is 4.43. The van der Waals surface area contributed by atoms with Crippen molar-refractivity contribution >= 4 is 45.9 Å². The van der Waals surface area contributed by atoms with E-state index in [0.29, 0.717) is 18.4 Å². The highest BCUT2D eigenvalue weighted by Crippen LogP contribution is 2.23. The number of hydrogen-bond acceptors (Lipinski definition) is 2. The number of aliphatic imine (C=N–C) groups is 1. The summed E-state index contributed by atoms with van der Waals surface area (Å²) in [5, 5.41) is 3.08. The first-order valence-corrected chi connectivity index (χ1v) is 6.68. The third kappa shape index (κ3) is 7.00. The lowest BCUT2D eigenvalue weighted by Crippen LogP contribution is -2.34. The van der Waals surface area contributed by atoms with Gasteiger partial charge in [-0.05, 0) is 24.1 Å². The Morgan fingerprint density at radius 3 is 2.74 bits per heavy atom. The van der Waals surface area contributed by atoms with Crippen LogP contribution >= 0.6 is 39.9 Å². The summed E-state index contributed by atoms with van der Waals surface area (Å²) in [7, 11) is 1.65. The van der Waals surface area contributed by atoms with Gasteiger partial charge < -0.3 is 15.8 Å². The number of ether oxygens (including phenoxy) is 1. The second-order valence-corrected chi connectivity index (χ2v) is 5.35. The first-order valence-electron chi connectivity index (χ1n) is 5.89. The highest BCUT2D eigenvalue weighted by molar-refractivity contribution is 14.0. The molecule has 0 aliphatic rings. The van der Waals surface area contributed by atoms with Gasteiger partial charge in [-0.25, -0.2) is 4.99 Å². The molecule has 0 amide bonds. The van der Waals surface area contributed by atoms with Crippen LogP contribution in [-0.4, -0.2) is 19.6 Å². The van der Waals surface area contributed by atoms with Gasteiger partial charge in [0.15, 0.2) is 5.96 Å². The van der Waals surface area contributed by atoms with E-state index in [2.05, 4.69) is 40.1 Å². The fraction of sp³-hybridized carbons (Fsp3) is 0.462. The molecule has 3 N–H and O–H groups in total. The Bertz CT molecular complexity index is 424. The molecule has 6 heteroatoms. The lowest BCUT2D eigenvalue weighted by atomic mass is 10.2. The molecule has 0 fully saturated rings. The molecule has 0 bridgehead atoms. The maximum Gasteiger partial charge on any atom is 0.188 e. The normalized spacial score (nSPS) is 11.1. The van der Waals surface area contributed by atoms with Crippen molar-refractivity contribution in [2.45, 2.75) is 20.4 Å². The van der Waals surface area contributed by atoms with E-state index in [1.807, 2.05) is 18.2 Å². The Balaban J connectivity index is 0.00000324. The van der Waals surface area contributed by atoms with Gasteiger partial charge in [0.25, 0.3) is 0 Å². The largest absolute Gasteiger partial charge is 0.496 e. The van der Waals surface area contributed by atoms with Crippen molar-refractivity contribution in [1.29, 1.82) is 0 Å². The lowest BCUT2D eigenvalue weighted by molar-refractivity contribution is 0.410. The quantitative estimate of drug-likeness (QED) is 0.419. The van der Waals surface area contributed by atoms with Gasteiger partial charge in [-0.1, -0.05) is 29.8 Å². The zero-order chi connectivity index (χ0) is 13.5. The molecule has 0 aliphatic carbocycles. The minimum absolute atomic E-state index is 0. The van der Waals surface area contributed by atoms with Crippen LogP contribution in [0.15, 0.2) is 27.7 Å². The molecule has 1 aromatic carbocycles. The summed E-state index contributed by atoms with van der Waals surface area (Å²) in [5.74, 6) is 1.82. The van der Waals surface area contributed by atoms with Crippen LogP contribution in [0.3, 0.4) is 0 Å². The molecular formula is C13H21BrIN3O. The number of hydrogen-bond donors (Lipinski definition) is 2. The van der Waals surface area contributed by atoms with Crippen molar-refractivity contribution in [1.82, 2.24) is 5.32 Å². The van der Waals surface area contributed by atoms with Crippen LogP contribution in [0.5, 0.6) is 5.75 Å². The van der Waals surface area contributed by atoms with Crippen LogP contribution in [0.4, 0.5) is 0 Å². The molecule has 0 aromatic heterocycles. The molecule has 0 aliphatic heterocycles. The Kier molecular flexibility index (Phi) is 9.16. The summed E-state index contributed by atoms with van der Waals surface area (Å²) in [5.41, 5.74) is 6.79. The third-order valence-corrected chi connectivity index (χ3v) is 2.85. The Morgan fingerprint density at radius 1 is 1.47 bits per heavy atom. The maximum atomic E-state index is 5.79. The molecule has 19 heavy (non-hydrogen) atoms. The van der Waals surface area contributed by atoms with Crippen LogP contribution in [0.2, 0.25) is 0 Å². The van der Waals surface area contributed by atoms with Crippen molar-refractivity contribution in [2.75, 3.05) is 13.7 Å². The minimum atomic E-state index is 0. The number of nitrogens with zero attached hydrogens (tertiary/aromatic N) is 1. The smallest absolute Gasteiger partial charge is 0.188 e. The zero-order valence-electron chi connectivity index (χ0n) is 11.4. The molecule has 0 spiro atoms. The third-order valence-electron chi connectivity index (χ3n) is 2.35. The van der Waals surface area contributed by atoms with E-state index in [1.165, 1.54) is 0 Å². The number of nitrogens with two attached hydrogens (primary N) is 1. The van der Waals surface area contributed by atoms with Crippen LogP contribution in [0.25, 0.3) is 0 Å². The van der Waals surface area contributed by atoms with Crippen molar-refractivity contribution in [3.63, 3.8) is 0 Å². The fourth-order valence-electron chi connectivity index (χ4n) is 1.41. The van der Waals surface area contributed by atoms with E-state index in [-0.39, 0.29) is 24.0 Å². The number of halogens is 2. The maximum absolute atomic E-state index is 5.79. The first-order chi connectivity index (χ1) is 8.52. The summed E-state index contributed by atoms with van der Waals surface area (Å²) in [6.07, 6.45) is 0. The topological polar surface area (TPSA) is 59.6 Å². The number of benzene rings is 1.